The molecule has 1 rings (SSSR count). The van der Waals surface area contributed by atoms with Crippen LogP contribution in [0.3, 0.4) is 0 Å². The Morgan fingerprint density at radius 3 is 1.50 bits per heavy atom. The maximum Gasteiger partial charge on any atom is 0.139 e. The van der Waals surface area contributed by atoms with Gasteiger partial charge in [-0.3, -0.25) is 14.1 Å². The number of hydrogen-bond donors (Lipinski definition) is 1. The van der Waals surface area contributed by atoms with Gasteiger partial charge in [-0.25, -0.2) is 8.78 Å². The average molecular weight is 206 g/mol. The summed E-state index contributed by atoms with van der Waals surface area (Å²) in [6.45, 7) is 0. The second-order valence-corrected chi connectivity index (χ2v) is 2.02. The fourth-order valence-electron chi connectivity index (χ4n) is 0.489. The number of hydrogen-bond acceptors (Lipinski definition) is 1. The van der Waals surface area contributed by atoms with Gasteiger partial charge in [0.2, 0.25) is 0 Å². The zero-order valence-electron chi connectivity index (χ0n) is 5.66. The summed E-state index contributed by atoms with van der Waals surface area (Å²) in [5.74, 6) is -1.25. The second-order valence-electron chi connectivity index (χ2n) is 1.57. The molecule has 6 heteroatoms. The van der Waals surface area contributed by atoms with Crippen molar-refractivity contribution >= 4 is 12.6 Å². The Labute approximate surface area is 71.1 Å². The van der Waals surface area contributed by atoms with E-state index in [2.05, 4.69) is 12.6 Å². The van der Waals surface area contributed by atoms with Crippen molar-refractivity contribution in [1.82, 2.24) is 0 Å². The van der Waals surface area contributed by atoms with Crippen molar-refractivity contribution in [2.75, 3.05) is 0 Å². The molecule has 1 aromatic carbocycles. The SMILES string of the molecule is F.F.F.Fc1cccc(F)c1S. The highest BCUT2D eigenvalue weighted by Gasteiger charge is 2.00. The highest BCUT2D eigenvalue weighted by atomic mass is 32.1. The van der Waals surface area contributed by atoms with Gasteiger partial charge in [0.1, 0.15) is 11.6 Å². The molecule has 0 heterocycles. The van der Waals surface area contributed by atoms with Crippen molar-refractivity contribution in [3.05, 3.63) is 29.8 Å². The fraction of sp³-hybridized carbons (Fsp3) is 0. The molecule has 0 atom stereocenters. The molecule has 0 radical (unpaired) electrons. The third-order valence-corrected chi connectivity index (χ3v) is 1.36. The minimum absolute atomic E-state index is 0. The largest absolute Gasteiger partial charge is 0.269 e. The first-order chi connectivity index (χ1) is 4.22. The molecule has 0 fully saturated rings. The molecule has 0 spiro atoms. The van der Waals surface area contributed by atoms with Crippen LogP contribution in [0.2, 0.25) is 0 Å². The summed E-state index contributed by atoms with van der Waals surface area (Å²) in [6, 6.07) is 3.61. The van der Waals surface area contributed by atoms with Gasteiger partial charge in [0.05, 0.1) is 4.90 Å². The number of halogens is 5. The predicted octanol–water partition coefficient (Wildman–Crippen LogP) is 2.71. The van der Waals surface area contributed by atoms with Gasteiger partial charge in [0.25, 0.3) is 0 Å². The van der Waals surface area contributed by atoms with Crippen molar-refractivity contribution in [3.8, 4) is 0 Å². The van der Waals surface area contributed by atoms with E-state index >= 15 is 0 Å². The van der Waals surface area contributed by atoms with E-state index in [0.29, 0.717) is 0 Å². The van der Waals surface area contributed by atoms with Crippen LogP contribution in [0, 0.1) is 11.6 Å². The van der Waals surface area contributed by atoms with E-state index in [-0.39, 0.29) is 19.0 Å². The van der Waals surface area contributed by atoms with E-state index in [9.17, 15) is 8.78 Å². The first-order valence-electron chi connectivity index (χ1n) is 2.35. The molecule has 0 bridgehead atoms. The van der Waals surface area contributed by atoms with Crippen LogP contribution in [-0.4, -0.2) is 0 Å². The lowest BCUT2D eigenvalue weighted by atomic mass is 10.3. The van der Waals surface area contributed by atoms with Crippen molar-refractivity contribution in [1.29, 1.82) is 0 Å². The summed E-state index contributed by atoms with van der Waals surface area (Å²) in [5.41, 5.74) is 0. The Bertz CT molecular complexity index is 207. The summed E-state index contributed by atoms with van der Waals surface area (Å²) in [6.07, 6.45) is 0. The summed E-state index contributed by atoms with van der Waals surface area (Å²) in [5, 5.41) is 0. The third-order valence-electron chi connectivity index (χ3n) is 0.938. The van der Waals surface area contributed by atoms with Crippen LogP contribution in [0.5, 0.6) is 0 Å². The van der Waals surface area contributed by atoms with Gasteiger partial charge in [-0.1, -0.05) is 6.07 Å². The molecule has 0 aliphatic carbocycles. The van der Waals surface area contributed by atoms with E-state index in [1.807, 2.05) is 0 Å². The Morgan fingerprint density at radius 1 is 0.917 bits per heavy atom. The van der Waals surface area contributed by atoms with E-state index in [1.54, 1.807) is 0 Å². The Hall–Kier alpha value is -0.780. The zero-order chi connectivity index (χ0) is 6.85. The second kappa shape index (κ2) is 6.90. The molecule has 0 unspecified atom stereocenters. The van der Waals surface area contributed by atoms with Crippen molar-refractivity contribution in [2.45, 2.75) is 4.90 Å². The molecular formula is C6H7F5S. The van der Waals surface area contributed by atoms with Gasteiger partial charge in [-0.15, -0.1) is 12.6 Å². The van der Waals surface area contributed by atoms with Crippen molar-refractivity contribution < 1.29 is 22.9 Å². The van der Waals surface area contributed by atoms with Crippen LogP contribution >= 0.6 is 12.6 Å². The van der Waals surface area contributed by atoms with Gasteiger partial charge in [-0.2, -0.15) is 0 Å². The molecule has 0 N–H and O–H groups in total. The quantitative estimate of drug-likeness (QED) is 0.489. The monoisotopic (exact) mass is 206 g/mol. The van der Waals surface area contributed by atoms with Gasteiger partial charge in [0.15, 0.2) is 0 Å². The Morgan fingerprint density at radius 2 is 1.25 bits per heavy atom. The lowest BCUT2D eigenvalue weighted by Crippen LogP contribution is -1.81. The number of rotatable bonds is 0. The van der Waals surface area contributed by atoms with Crippen LogP contribution in [0.1, 0.15) is 0 Å². The molecule has 0 saturated heterocycles. The first kappa shape index (κ1) is 17.3. The average Bonchev–Trinajstić information content (AvgIpc) is 1.83. The van der Waals surface area contributed by atoms with Crippen LogP contribution in [0.4, 0.5) is 22.9 Å². The van der Waals surface area contributed by atoms with E-state index in [1.165, 1.54) is 6.07 Å². The molecule has 0 saturated carbocycles. The molecule has 1 aromatic rings. The van der Waals surface area contributed by atoms with Crippen LogP contribution in [0.25, 0.3) is 0 Å². The summed E-state index contributed by atoms with van der Waals surface area (Å²) >= 11 is 3.56. The predicted molar refractivity (Wildman–Crippen MR) is 41.1 cm³/mol. The number of thiol groups is 1. The van der Waals surface area contributed by atoms with E-state index < -0.39 is 11.6 Å². The summed E-state index contributed by atoms with van der Waals surface area (Å²) in [7, 11) is 0. The summed E-state index contributed by atoms with van der Waals surface area (Å²) < 4.78 is 24.5. The van der Waals surface area contributed by atoms with Crippen LogP contribution in [0.15, 0.2) is 23.1 Å². The van der Waals surface area contributed by atoms with Crippen molar-refractivity contribution in [2.24, 2.45) is 0 Å². The van der Waals surface area contributed by atoms with Gasteiger partial charge >= 0.3 is 0 Å². The summed E-state index contributed by atoms with van der Waals surface area (Å²) in [4.78, 5) is -0.225. The molecule has 0 aromatic heterocycles. The highest BCUT2D eigenvalue weighted by molar-refractivity contribution is 7.80. The smallest absolute Gasteiger partial charge is 0.139 e. The Kier molecular flexibility index (Phi) is 9.97. The number of benzene rings is 1. The molecule has 0 amide bonds. The third kappa shape index (κ3) is 3.56. The molecule has 72 valence electrons. The molecule has 12 heavy (non-hydrogen) atoms. The molecule has 0 aliphatic rings. The normalized spacial score (nSPS) is 7.25. The first-order valence-corrected chi connectivity index (χ1v) is 2.79. The zero-order valence-corrected chi connectivity index (χ0v) is 6.55. The maximum atomic E-state index is 12.3. The van der Waals surface area contributed by atoms with E-state index in [4.69, 9.17) is 0 Å². The van der Waals surface area contributed by atoms with Crippen LogP contribution < -0.4 is 0 Å². The van der Waals surface area contributed by atoms with Crippen molar-refractivity contribution in [3.63, 3.8) is 0 Å². The minimum Gasteiger partial charge on any atom is -0.269 e. The van der Waals surface area contributed by atoms with Gasteiger partial charge in [0, 0.05) is 0 Å². The van der Waals surface area contributed by atoms with Gasteiger partial charge in [-0.05, 0) is 12.1 Å². The lowest BCUT2D eigenvalue weighted by molar-refractivity contribution is 0.541. The molecule has 0 nitrogen and oxygen atoms in total. The molecular weight excluding hydrogens is 199 g/mol. The van der Waals surface area contributed by atoms with E-state index in [0.717, 1.165) is 12.1 Å². The molecule has 0 aliphatic heterocycles. The van der Waals surface area contributed by atoms with Crippen LogP contribution in [-0.2, 0) is 0 Å². The topological polar surface area (TPSA) is 0 Å². The standard InChI is InChI=1S/C6H4F2S.3FH/c7-4-2-1-3-5(8)6(4)9;;;/h1-3,9H;3*1H. The fourth-order valence-corrected chi connectivity index (χ4v) is 0.638. The van der Waals surface area contributed by atoms with Gasteiger partial charge < -0.3 is 0 Å². The lowest BCUT2D eigenvalue weighted by Gasteiger charge is -1.93. The Balaban J connectivity index is -0.000000270. The minimum atomic E-state index is -0.627. The maximum absolute atomic E-state index is 12.3. The highest BCUT2D eigenvalue weighted by Crippen LogP contribution is 2.14.